The van der Waals surface area contributed by atoms with Crippen LogP contribution in [0.1, 0.15) is 43.0 Å². The van der Waals surface area contributed by atoms with Crippen LogP contribution in [0.3, 0.4) is 0 Å². The van der Waals surface area contributed by atoms with Crippen LogP contribution < -0.4 is 5.32 Å². The number of nitro benzene ring substituents is 1. The van der Waals surface area contributed by atoms with Gasteiger partial charge >= 0.3 is 6.09 Å². The van der Waals surface area contributed by atoms with E-state index in [4.69, 9.17) is 4.74 Å². The van der Waals surface area contributed by atoms with Gasteiger partial charge < -0.3 is 4.74 Å². The van der Waals surface area contributed by atoms with Crippen molar-refractivity contribution in [3.8, 4) is 0 Å². The maximum atomic E-state index is 11.8. The summed E-state index contributed by atoms with van der Waals surface area (Å²) in [7, 11) is 0. The number of carbonyl (C=O) groups is 2. The molecule has 0 unspecified atom stereocenters. The smallest absolute Gasteiger partial charge is 0.414 e. The number of benzene rings is 1. The zero-order valence-electron chi connectivity index (χ0n) is 11.8. The molecule has 0 aliphatic carbocycles. The predicted octanol–water partition coefficient (Wildman–Crippen LogP) is 3.04. The Morgan fingerprint density at radius 1 is 1.24 bits per heavy atom. The first-order valence-electron chi connectivity index (χ1n) is 6.77. The van der Waals surface area contributed by atoms with Gasteiger partial charge in [0.25, 0.3) is 11.6 Å². The molecule has 7 nitrogen and oxygen atoms in total. The maximum Gasteiger partial charge on any atom is 0.414 e. The number of para-hydroxylation sites is 1. The average molecular weight is 294 g/mol. The number of nitrogens with one attached hydrogen (secondary N) is 1. The van der Waals surface area contributed by atoms with Gasteiger partial charge in [0.2, 0.25) is 0 Å². The number of hydrogen-bond donors (Lipinski definition) is 1. The maximum absolute atomic E-state index is 11.8. The molecule has 1 aromatic rings. The molecule has 1 aromatic carbocycles. The molecule has 0 saturated heterocycles. The molecule has 0 spiro atoms. The molecule has 0 saturated carbocycles. The molecular weight excluding hydrogens is 276 g/mol. The molecule has 0 aliphatic heterocycles. The van der Waals surface area contributed by atoms with E-state index in [9.17, 15) is 19.7 Å². The fraction of sp³-hybridized carbons (Fsp3) is 0.429. The third kappa shape index (κ3) is 5.60. The molecule has 1 rings (SSSR count). The Labute approximate surface area is 122 Å². The van der Waals surface area contributed by atoms with Crippen molar-refractivity contribution in [2.45, 2.75) is 32.6 Å². The largest absolute Gasteiger partial charge is 0.449 e. The minimum absolute atomic E-state index is 0.176. The van der Waals surface area contributed by atoms with E-state index in [1.165, 1.54) is 24.3 Å². The van der Waals surface area contributed by atoms with Crippen LogP contribution in [0.15, 0.2) is 24.3 Å². The molecule has 0 aliphatic rings. The number of imide groups is 1. The second-order valence-corrected chi connectivity index (χ2v) is 4.42. The number of amides is 2. The first kappa shape index (κ1) is 16.6. The van der Waals surface area contributed by atoms with Crippen LogP contribution in [0.4, 0.5) is 10.5 Å². The molecule has 0 radical (unpaired) electrons. The number of unbranched alkanes of at least 4 members (excludes halogenated alkanes) is 3. The SMILES string of the molecule is CCCCCCOC(=O)NC(=O)c1ccccc1[N+](=O)[O-]. The summed E-state index contributed by atoms with van der Waals surface area (Å²) in [5.41, 5.74) is -0.531. The Hall–Kier alpha value is -2.44. The van der Waals surface area contributed by atoms with Crippen LogP contribution >= 0.6 is 0 Å². The van der Waals surface area contributed by atoms with Gasteiger partial charge in [-0.3, -0.25) is 20.2 Å². The monoisotopic (exact) mass is 294 g/mol. The van der Waals surface area contributed by atoms with Gasteiger partial charge in [-0.1, -0.05) is 38.3 Å². The van der Waals surface area contributed by atoms with Crippen LogP contribution in [0.5, 0.6) is 0 Å². The average Bonchev–Trinajstić information content (AvgIpc) is 2.47. The fourth-order valence-electron chi connectivity index (χ4n) is 1.71. The summed E-state index contributed by atoms with van der Waals surface area (Å²) in [5, 5.41) is 12.8. The van der Waals surface area contributed by atoms with Crippen molar-refractivity contribution in [3.63, 3.8) is 0 Å². The number of rotatable bonds is 7. The predicted molar refractivity (Wildman–Crippen MR) is 76.1 cm³/mol. The van der Waals surface area contributed by atoms with E-state index < -0.39 is 16.9 Å². The number of nitro groups is 1. The van der Waals surface area contributed by atoms with Gasteiger partial charge in [0.1, 0.15) is 5.56 Å². The number of ether oxygens (including phenoxy) is 1. The van der Waals surface area contributed by atoms with E-state index in [0.717, 1.165) is 25.7 Å². The second-order valence-electron chi connectivity index (χ2n) is 4.42. The number of carbonyl (C=O) groups excluding carboxylic acids is 2. The molecule has 7 heteroatoms. The van der Waals surface area contributed by atoms with Crippen molar-refractivity contribution >= 4 is 17.7 Å². The summed E-state index contributed by atoms with van der Waals surface area (Å²) < 4.78 is 4.84. The normalized spacial score (nSPS) is 9.95. The third-order valence-electron chi connectivity index (χ3n) is 2.79. The summed E-state index contributed by atoms with van der Waals surface area (Å²) in [4.78, 5) is 33.3. The van der Waals surface area contributed by atoms with Crippen molar-refractivity contribution in [3.05, 3.63) is 39.9 Å². The van der Waals surface area contributed by atoms with Crippen molar-refractivity contribution in [1.29, 1.82) is 0 Å². The number of hydrogen-bond acceptors (Lipinski definition) is 5. The summed E-state index contributed by atoms with van der Waals surface area (Å²) >= 11 is 0. The van der Waals surface area contributed by atoms with Gasteiger partial charge in [-0.15, -0.1) is 0 Å². The van der Waals surface area contributed by atoms with Crippen LogP contribution in [-0.2, 0) is 4.74 Å². The molecule has 0 aromatic heterocycles. The van der Waals surface area contributed by atoms with Gasteiger partial charge in [-0.25, -0.2) is 4.79 Å². The second kappa shape index (κ2) is 8.68. The van der Waals surface area contributed by atoms with Crippen LogP contribution in [-0.4, -0.2) is 23.5 Å². The molecule has 21 heavy (non-hydrogen) atoms. The van der Waals surface area contributed by atoms with Gasteiger partial charge in [0, 0.05) is 6.07 Å². The molecule has 0 fully saturated rings. The first-order chi connectivity index (χ1) is 10.1. The van der Waals surface area contributed by atoms with Gasteiger partial charge in [-0.05, 0) is 12.5 Å². The van der Waals surface area contributed by atoms with E-state index in [1.807, 2.05) is 5.32 Å². The quantitative estimate of drug-likeness (QED) is 0.473. The molecule has 114 valence electrons. The Morgan fingerprint density at radius 2 is 1.95 bits per heavy atom. The Balaban J connectivity index is 2.50. The van der Waals surface area contributed by atoms with Crippen LogP contribution in [0, 0.1) is 10.1 Å². The summed E-state index contributed by atoms with van der Waals surface area (Å²) in [6.07, 6.45) is 2.90. The Kier molecular flexibility index (Phi) is 6.86. The first-order valence-corrected chi connectivity index (χ1v) is 6.77. The Bertz CT molecular complexity index is 516. The summed E-state index contributed by atoms with van der Waals surface area (Å²) in [5.74, 6) is -0.846. The van der Waals surface area contributed by atoms with Gasteiger partial charge in [0.05, 0.1) is 11.5 Å². The highest BCUT2D eigenvalue weighted by Crippen LogP contribution is 2.17. The van der Waals surface area contributed by atoms with Crippen LogP contribution in [0.25, 0.3) is 0 Å². The lowest BCUT2D eigenvalue weighted by atomic mass is 10.1. The highest BCUT2D eigenvalue weighted by Gasteiger charge is 2.21. The highest BCUT2D eigenvalue weighted by atomic mass is 16.6. The molecule has 1 N–H and O–H groups in total. The molecule has 2 amide bonds. The fourth-order valence-corrected chi connectivity index (χ4v) is 1.71. The van der Waals surface area contributed by atoms with Crippen LogP contribution in [0.2, 0.25) is 0 Å². The minimum atomic E-state index is -0.894. The van der Waals surface area contributed by atoms with Crippen molar-refractivity contribution in [1.82, 2.24) is 5.32 Å². The van der Waals surface area contributed by atoms with Crippen molar-refractivity contribution < 1.29 is 19.2 Å². The summed E-state index contributed by atoms with van der Waals surface area (Å²) in [6, 6.07) is 5.41. The van der Waals surface area contributed by atoms with Gasteiger partial charge in [-0.2, -0.15) is 0 Å². The third-order valence-corrected chi connectivity index (χ3v) is 2.79. The molecule has 0 heterocycles. The van der Waals surface area contributed by atoms with E-state index in [-0.39, 0.29) is 17.9 Å². The topological polar surface area (TPSA) is 98.5 Å². The van der Waals surface area contributed by atoms with Crippen molar-refractivity contribution in [2.24, 2.45) is 0 Å². The minimum Gasteiger partial charge on any atom is -0.449 e. The lowest BCUT2D eigenvalue weighted by molar-refractivity contribution is -0.385. The molecular formula is C14H18N2O5. The lowest BCUT2D eigenvalue weighted by Crippen LogP contribution is -2.31. The summed E-state index contributed by atoms with van der Waals surface area (Å²) in [6.45, 7) is 2.29. The lowest BCUT2D eigenvalue weighted by Gasteiger charge is -2.06. The van der Waals surface area contributed by atoms with E-state index >= 15 is 0 Å². The zero-order valence-corrected chi connectivity index (χ0v) is 11.8. The molecule has 0 atom stereocenters. The van der Waals surface area contributed by atoms with Crippen molar-refractivity contribution in [2.75, 3.05) is 6.61 Å². The Morgan fingerprint density at radius 3 is 2.62 bits per heavy atom. The van der Waals surface area contributed by atoms with Gasteiger partial charge in [0.15, 0.2) is 0 Å². The highest BCUT2D eigenvalue weighted by molar-refractivity contribution is 6.05. The standard InChI is InChI=1S/C14H18N2O5/c1-2-3-4-7-10-21-14(18)15-13(17)11-8-5-6-9-12(11)16(19)20/h5-6,8-9H,2-4,7,10H2,1H3,(H,15,17,18). The molecule has 0 bridgehead atoms. The van der Waals surface area contributed by atoms with E-state index in [1.54, 1.807) is 0 Å². The van der Waals surface area contributed by atoms with E-state index in [0.29, 0.717) is 0 Å². The zero-order chi connectivity index (χ0) is 15.7. The number of nitrogens with zero attached hydrogens (tertiary/aromatic N) is 1. The number of alkyl carbamates (subject to hydrolysis) is 1. The van der Waals surface area contributed by atoms with E-state index in [2.05, 4.69) is 6.92 Å².